The van der Waals surface area contributed by atoms with E-state index >= 15 is 0 Å². The van der Waals surface area contributed by atoms with Gasteiger partial charge in [-0.05, 0) is 39.7 Å². The summed E-state index contributed by atoms with van der Waals surface area (Å²) >= 11 is 1.32. The smallest absolute Gasteiger partial charge is 0.410 e. The topological polar surface area (TPSA) is 102 Å². The summed E-state index contributed by atoms with van der Waals surface area (Å²) in [5.41, 5.74) is 5.61. The number of amides is 2. The Labute approximate surface area is 162 Å². The molecule has 0 radical (unpaired) electrons. The molecule has 8 nitrogen and oxygen atoms in total. The van der Waals surface area contributed by atoms with Gasteiger partial charge in [-0.3, -0.25) is 4.79 Å². The third kappa shape index (κ3) is 4.29. The highest BCUT2D eigenvalue weighted by Gasteiger charge is 2.29. The first-order valence-electron chi connectivity index (χ1n) is 8.91. The average Bonchev–Trinajstić information content (AvgIpc) is 3.04. The van der Waals surface area contributed by atoms with Crippen molar-refractivity contribution in [2.75, 3.05) is 25.0 Å². The van der Waals surface area contributed by atoms with Crippen molar-refractivity contribution in [1.82, 2.24) is 14.9 Å². The number of aromatic nitrogens is 2. The highest BCUT2D eigenvalue weighted by molar-refractivity contribution is 7.21. The molecule has 1 fully saturated rings. The molecule has 0 spiro atoms. The largest absolute Gasteiger partial charge is 0.444 e. The van der Waals surface area contributed by atoms with Crippen LogP contribution in [-0.4, -0.2) is 58.6 Å². The first-order chi connectivity index (χ1) is 12.7. The molecule has 2 N–H and O–H groups in total. The molecular formula is C18H25N5O3S. The Morgan fingerprint density at radius 3 is 2.56 bits per heavy atom. The number of carbonyl (C=O) groups excluding carboxylic acids is 2. The molecular weight excluding hydrogens is 366 g/mol. The molecule has 3 rings (SSSR count). The molecule has 1 aliphatic heterocycles. The number of carbonyl (C=O) groups is 2. The second-order valence-electron chi connectivity index (χ2n) is 7.70. The molecule has 2 aromatic heterocycles. The number of ether oxygens (including phenoxy) is 1. The summed E-state index contributed by atoms with van der Waals surface area (Å²) in [7, 11) is 1.79. The van der Waals surface area contributed by atoms with Crippen molar-refractivity contribution in [3.8, 4) is 0 Å². The van der Waals surface area contributed by atoms with E-state index in [0.29, 0.717) is 4.88 Å². The van der Waals surface area contributed by atoms with E-state index in [0.717, 1.165) is 42.0 Å². The quantitative estimate of drug-likeness (QED) is 0.863. The monoisotopic (exact) mass is 391 g/mol. The molecule has 1 aliphatic rings. The van der Waals surface area contributed by atoms with Crippen LogP contribution in [0, 0.1) is 0 Å². The van der Waals surface area contributed by atoms with Crippen molar-refractivity contribution >= 4 is 39.4 Å². The maximum atomic E-state index is 12.3. The SMILES string of the molecule is CN(C(=O)OC(C)(C)C)C1CCN(c2ncnc3cc(C(N)=O)sc23)CC1. The van der Waals surface area contributed by atoms with Crippen molar-refractivity contribution in [3.63, 3.8) is 0 Å². The normalized spacial score (nSPS) is 15.8. The first kappa shape index (κ1) is 19.3. The summed E-state index contributed by atoms with van der Waals surface area (Å²) in [6.07, 6.45) is 2.84. The number of rotatable bonds is 3. The maximum absolute atomic E-state index is 12.3. The fourth-order valence-electron chi connectivity index (χ4n) is 3.14. The zero-order valence-corrected chi connectivity index (χ0v) is 16.9. The predicted octanol–water partition coefficient (Wildman–Crippen LogP) is 2.63. The second-order valence-corrected chi connectivity index (χ2v) is 8.75. The van der Waals surface area contributed by atoms with Crippen molar-refractivity contribution in [1.29, 1.82) is 0 Å². The van der Waals surface area contributed by atoms with E-state index in [1.54, 1.807) is 18.0 Å². The van der Waals surface area contributed by atoms with Crippen molar-refractivity contribution < 1.29 is 14.3 Å². The summed E-state index contributed by atoms with van der Waals surface area (Å²) < 4.78 is 6.32. The number of anilines is 1. The molecule has 0 aliphatic carbocycles. The molecule has 9 heteroatoms. The molecule has 1 saturated heterocycles. The number of nitrogens with two attached hydrogens (primary N) is 1. The Balaban J connectivity index is 1.70. The lowest BCUT2D eigenvalue weighted by Crippen LogP contribution is -2.47. The molecule has 0 unspecified atom stereocenters. The van der Waals surface area contributed by atoms with Crippen LogP contribution in [0.2, 0.25) is 0 Å². The Morgan fingerprint density at radius 1 is 1.30 bits per heavy atom. The summed E-state index contributed by atoms with van der Waals surface area (Å²) in [6, 6.07) is 1.83. The highest BCUT2D eigenvalue weighted by Crippen LogP contribution is 2.33. The number of hydrogen-bond acceptors (Lipinski definition) is 7. The molecule has 27 heavy (non-hydrogen) atoms. The van der Waals surface area contributed by atoms with Gasteiger partial charge < -0.3 is 20.3 Å². The van der Waals surface area contributed by atoms with Crippen LogP contribution in [0.3, 0.4) is 0 Å². The van der Waals surface area contributed by atoms with E-state index in [1.807, 2.05) is 20.8 Å². The Morgan fingerprint density at radius 2 is 1.96 bits per heavy atom. The molecule has 146 valence electrons. The predicted molar refractivity (Wildman–Crippen MR) is 105 cm³/mol. The third-order valence-corrected chi connectivity index (χ3v) is 5.66. The molecule has 2 aromatic rings. The summed E-state index contributed by atoms with van der Waals surface area (Å²) in [5.74, 6) is 0.359. The lowest BCUT2D eigenvalue weighted by molar-refractivity contribution is 0.0200. The van der Waals surface area contributed by atoms with Gasteiger partial charge in [0.1, 0.15) is 17.7 Å². The Hall–Kier alpha value is -2.42. The summed E-state index contributed by atoms with van der Waals surface area (Å²) in [5, 5.41) is 0. The number of hydrogen-bond donors (Lipinski definition) is 1. The van der Waals surface area contributed by atoms with Gasteiger partial charge in [0, 0.05) is 26.2 Å². The number of thiophene rings is 1. The molecule has 2 amide bonds. The summed E-state index contributed by atoms with van der Waals surface area (Å²) in [6.45, 7) is 7.11. The summed E-state index contributed by atoms with van der Waals surface area (Å²) in [4.78, 5) is 36.7. The molecule has 3 heterocycles. The fourth-order valence-corrected chi connectivity index (χ4v) is 4.12. The lowest BCUT2D eigenvalue weighted by atomic mass is 10.0. The minimum absolute atomic E-state index is 0.123. The van der Waals surface area contributed by atoms with Crippen LogP contribution in [0.5, 0.6) is 0 Å². The second kappa shape index (κ2) is 7.30. The Bertz CT molecular complexity index is 852. The van der Waals surface area contributed by atoms with E-state index < -0.39 is 11.5 Å². The zero-order chi connectivity index (χ0) is 19.8. The standard InChI is InChI=1S/C18H25N5O3S/c1-18(2,3)26-17(25)22(4)11-5-7-23(8-6-11)16-14-12(20-10-21-16)9-13(27-14)15(19)24/h9-11H,5-8H2,1-4H3,(H2,19,24). The van der Waals surface area contributed by atoms with Crippen LogP contribution in [0.15, 0.2) is 12.4 Å². The lowest BCUT2D eigenvalue weighted by Gasteiger charge is -2.37. The van der Waals surface area contributed by atoms with Gasteiger partial charge >= 0.3 is 6.09 Å². The number of piperidine rings is 1. The van der Waals surface area contributed by atoms with Gasteiger partial charge in [-0.2, -0.15) is 0 Å². The minimum atomic E-state index is -0.504. The molecule has 0 bridgehead atoms. The van der Waals surface area contributed by atoms with Gasteiger partial charge in [0.15, 0.2) is 0 Å². The van der Waals surface area contributed by atoms with Crippen molar-refractivity contribution in [3.05, 3.63) is 17.3 Å². The van der Waals surface area contributed by atoms with Gasteiger partial charge in [0.25, 0.3) is 5.91 Å². The molecule has 0 saturated carbocycles. The van der Waals surface area contributed by atoms with Gasteiger partial charge in [-0.25, -0.2) is 14.8 Å². The van der Waals surface area contributed by atoms with Crippen LogP contribution < -0.4 is 10.6 Å². The van der Waals surface area contributed by atoms with Gasteiger partial charge in [-0.15, -0.1) is 11.3 Å². The van der Waals surface area contributed by atoms with Gasteiger partial charge in [0.2, 0.25) is 0 Å². The van der Waals surface area contributed by atoms with Crippen LogP contribution in [0.1, 0.15) is 43.3 Å². The van der Waals surface area contributed by atoms with Crippen LogP contribution in [0.25, 0.3) is 10.2 Å². The third-order valence-electron chi connectivity index (χ3n) is 4.53. The van der Waals surface area contributed by atoms with Crippen molar-refractivity contribution in [2.45, 2.75) is 45.3 Å². The van der Waals surface area contributed by atoms with Gasteiger partial charge in [-0.1, -0.05) is 0 Å². The van der Waals surface area contributed by atoms with E-state index in [-0.39, 0.29) is 12.1 Å². The average molecular weight is 391 g/mol. The maximum Gasteiger partial charge on any atom is 0.410 e. The first-order valence-corrected chi connectivity index (χ1v) is 9.72. The van der Waals surface area contributed by atoms with Crippen LogP contribution >= 0.6 is 11.3 Å². The molecule has 0 aromatic carbocycles. The molecule has 0 atom stereocenters. The van der Waals surface area contributed by atoms with E-state index in [2.05, 4.69) is 14.9 Å². The zero-order valence-electron chi connectivity index (χ0n) is 16.1. The number of primary amides is 1. The van der Waals surface area contributed by atoms with E-state index in [1.165, 1.54) is 17.7 Å². The van der Waals surface area contributed by atoms with Gasteiger partial charge in [0.05, 0.1) is 15.1 Å². The Kier molecular flexibility index (Phi) is 5.23. The van der Waals surface area contributed by atoms with E-state index in [9.17, 15) is 9.59 Å². The number of fused-ring (bicyclic) bond motifs is 1. The van der Waals surface area contributed by atoms with Crippen LogP contribution in [0.4, 0.5) is 10.6 Å². The fraction of sp³-hybridized carbons (Fsp3) is 0.556. The highest BCUT2D eigenvalue weighted by atomic mass is 32.1. The number of nitrogens with zero attached hydrogens (tertiary/aromatic N) is 4. The van der Waals surface area contributed by atoms with Crippen LogP contribution in [-0.2, 0) is 4.74 Å². The van der Waals surface area contributed by atoms with Crippen molar-refractivity contribution in [2.24, 2.45) is 5.73 Å². The minimum Gasteiger partial charge on any atom is -0.444 e. The van der Waals surface area contributed by atoms with E-state index in [4.69, 9.17) is 10.5 Å².